The Hall–Kier alpha value is -1.04. The van der Waals surface area contributed by atoms with Gasteiger partial charge in [0.1, 0.15) is 5.92 Å². The van der Waals surface area contributed by atoms with Gasteiger partial charge in [-0.2, -0.15) is 5.26 Å². The lowest BCUT2D eigenvalue weighted by Gasteiger charge is -1.99. The van der Waals surface area contributed by atoms with Crippen LogP contribution in [0.2, 0.25) is 0 Å². The number of ether oxygens (including phenoxy) is 1. The summed E-state index contributed by atoms with van der Waals surface area (Å²) in [4.78, 5) is 0. The molecule has 0 radical (unpaired) electrons. The summed E-state index contributed by atoms with van der Waals surface area (Å²) in [6.07, 6.45) is 0. The largest absolute Gasteiger partial charge is 0.484 e. The quantitative estimate of drug-likeness (QED) is 0.402. The van der Waals surface area contributed by atoms with E-state index in [9.17, 15) is 0 Å². The van der Waals surface area contributed by atoms with Crippen molar-refractivity contribution in [1.29, 1.82) is 10.7 Å². The highest BCUT2D eigenvalue weighted by Crippen LogP contribution is 1.93. The number of nitrogens with one attached hydrogen (secondary N) is 1. The number of hydrogen-bond donors (Lipinski definition) is 1. The van der Waals surface area contributed by atoms with Crippen molar-refractivity contribution in [3.05, 3.63) is 0 Å². The number of hydrogen-bond acceptors (Lipinski definition) is 3. The molecule has 0 saturated heterocycles. The molecular weight excluding hydrogens is 104 g/mol. The van der Waals surface area contributed by atoms with E-state index in [0.717, 1.165) is 0 Å². The summed E-state index contributed by atoms with van der Waals surface area (Å²) in [7, 11) is 1.39. The highest BCUT2D eigenvalue weighted by Gasteiger charge is 2.04. The Bertz CT molecular complexity index is 125. The van der Waals surface area contributed by atoms with Crippen molar-refractivity contribution in [1.82, 2.24) is 0 Å². The fourth-order valence-corrected chi connectivity index (χ4v) is 0.235. The van der Waals surface area contributed by atoms with Gasteiger partial charge in [-0.25, -0.2) is 0 Å². The molecule has 0 aliphatic rings. The van der Waals surface area contributed by atoms with Crippen LogP contribution in [0.15, 0.2) is 0 Å². The van der Waals surface area contributed by atoms with E-state index in [1.54, 1.807) is 6.92 Å². The zero-order valence-electron chi connectivity index (χ0n) is 4.93. The van der Waals surface area contributed by atoms with Crippen LogP contribution in [0.4, 0.5) is 0 Å². The first-order valence-corrected chi connectivity index (χ1v) is 2.24. The van der Waals surface area contributed by atoms with Crippen LogP contribution in [0.25, 0.3) is 0 Å². The van der Waals surface area contributed by atoms with Gasteiger partial charge in [0.15, 0.2) is 5.90 Å². The predicted octanol–water partition coefficient (Wildman–Crippen LogP) is 0.770. The van der Waals surface area contributed by atoms with Crippen molar-refractivity contribution in [2.24, 2.45) is 5.92 Å². The fourth-order valence-electron chi connectivity index (χ4n) is 0.235. The fraction of sp³-hybridized carbons (Fsp3) is 0.600. The topological polar surface area (TPSA) is 56.9 Å². The number of nitrogens with zero attached hydrogens (tertiary/aromatic N) is 1. The number of rotatable bonds is 1. The molecule has 0 aliphatic heterocycles. The molecular formula is C5H8N2O. The monoisotopic (exact) mass is 112 g/mol. The standard InChI is InChI=1S/C5H8N2O/c1-4(3-6)5(7)8-2/h4,7H,1-2H3. The third-order valence-electron chi connectivity index (χ3n) is 0.807. The molecule has 0 bridgehead atoms. The second kappa shape index (κ2) is 3.03. The van der Waals surface area contributed by atoms with Gasteiger partial charge in [-0.1, -0.05) is 0 Å². The molecule has 0 saturated carbocycles. The van der Waals surface area contributed by atoms with Gasteiger partial charge < -0.3 is 4.74 Å². The lowest BCUT2D eigenvalue weighted by atomic mass is 10.2. The van der Waals surface area contributed by atoms with E-state index in [0.29, 0.717) is 0 Å². The third kappa shape index (κ3) is 1.61. The lowest BCUT2D eigenvalue weighted by molar-refractivity contribution is 0.378. The van der Waals surface area contributed by atoms with Crippen molar-refractivity contribution in [2.75, 3.05) is 7.11 Å². The average molecular weight is 112 g/mol. The second-order valence-electron chi connectivity index (χ2n) is 1.42. The van der Waals surface area contributed by atoms with Crippen LogP contribution in [-0.4, -0.2) is 13.0 Å². The van der Waals surface area contributed by atoms with Crippen molar-refractivity contribution >= 4 is 5.90 Å². The SMILES string of the molecule is COC(=N)C(C)C#N. The molecule has 3 nitrogen and oxygen atoms in total. The van der Waals surface area contributed by atoms with Gasteiger partial charge in [0.2, 0.25) is 0 Å². The maximum Gasteiger partial charge on any atom is 0.197 e. The molecule has 0 aromatic carbocycles. The summed E-state index contributed by atoms with van der Waals surface area (Å²) in [6, 6.07) is 1.87. The molecule has 0 aromatic heterocycles. The summed E-state index contributed by atoms with van der Waals surface area (Å²) in [5, 5.41) is 15.1. The Morgan fingerprint density at radius 3 is 2.50 bits per heavy atom. The molecule has 8 heavy (non-hydrogen) atoms. The molecule has 0 spiro atoms. The summed E-state index contributed by atoms with van der Waals surface area (Å²) in [5.41, 5.74) is 0. The first kappa shape index (κ1) is 6.96. The van der Waals surface area contributed by atoms with Crippen LogP contribution in [0, 0.1) is 22.7 Å². The maximum atomic E-state index is 8.17. The van der Waals surface area contributed by atoms with Crippen LogP contribution in [0.5, 0.6) is 0 Å². The molecule has 44 valence electrons. The molecule has 0 aromatic rings. The van der Waals surface area contributed by atoms with Crippen LogP contribution in [0.3, 0.4) is 0 Å². The van der Waals surface area contributed by atoms with Crippen molar-refractivity contribution in [3.8, 4) is 6.07 Å². The Morgan fingerprint density at radius 1 is 1.88 bits per heavy atom. The minimum atomic E-state index is -0.417. The predicted molar refractivity (Wildman–Crippen MR) is 29.5 cm³/mol. The van der Waals surface area contributed by atoms with Gasteiger partial charge in [0.05, 0.1) is 13.2 Å². The van der Waals surface area contributed by atoms with E-state index in [1.807, 2.05) is 6.07 Å². The van der Waals surface area contributed by atoms with Crippen LogP contribution < -0.4 is 0 Å². The Balaban J connectivity index is 3.68. The van der Waals surface area contributed by atoms with Gasteiger partial charge >= 0.3 is 0 Å². The molecule has 1 N–H and O–H groups in total. The second-order valence-corrected chi connectivity index (χ2v) is 1.42. The zero-order valence-corrected chi connectivity index (χ0v) is 4.93. The van der Waals surface area contributed by atoms with Gasteiger partial charge in [-0.15, -0.1) is 0 Å². The molecule has 0 fully saturated rings. The molecule has 0 heterocycles. The maximum absolute atomic E-state index is 8.17. The van der Waals surface area contributed by atoms with E-state index in [4.69, 9.17) is 10.7 Å². The first-order chi connectivity index (χ1) is 3.72. The molecule has 0 rings (SSSR count). The van der Waals surface area contributed by atoms with Crippen molar-refractivity contribution < 1.29 is 4.74 Å². The van der Waals surface area contributed by atoms with Crippen LogP contribution in [0.1, 0.15) is 6.92 Å². The molecule has 1 unspecified atom stereocenters. The van der Waals surface area contributed by atoms with Gasteiger partial charge in [-0.3, -0.25) is 5.41 Å². The Kier molecular flexibility index (Phi) is 2.63. The molecule has 3 heteroatoms. The van der Waals surface area contributed by atoms with Crippen LogP contribution >= 0.6 is 0 Å². The Labute approximate surface area is 48.4 Å². The molecule has 0 aliphatic carbocycles. The number of nitriles is 1. The minimum absolute atomic E-state index is 0.0208. The summed E-state index contributed by atoms with van der Waals surface area (Å²) in [5.74, 6) is -0.396. The third-order valence-corrected chi connectivity index (χ3v) is 0.807. The van der Waals surface area contributed by atoms with E-state index in [2.05, 4.69) is 4.74 Å². The zero-order chi connectivity index (χ0) is 6.57. The summed E-state index contributed by atoms with van der Waals surface area (Å²) < 4.78 is 4.46. The van der Waals surface area contributed by atoms with E-state index in [1.165, 1.54) is 7.11 Å². The van der Waals surface area contributed by atoms with Crippen molar-refractivity contribution in [2.45, 2.75) is 6.92 Å². The first-order valence-electron chi connectivity index (χ1n) is 2.24. The lowest BCUT2D eigenvalue weighted by Crippen LogP contribution is -2.08. The minimum Gasteiger partial charge on any atom is -0.484 e. The van der Waals surface area contributed by atoms with Gasteiger partial charge in [-0.05, 0) is 6.92 Å². The molecule has 1 atom stereocenters. The smallest absolute Gasteiger partial charge is 0.197 e. The normalized spacial score (nSPS) is 11.6. The van der Waals surface area contributed by atoms with E-state index < -0.39 is 5.92 Å². The van der Waals surface area contributed by atoms with E-state index >= 15 is 0 Å². The average Bonchev–Trinajstić information content (AvgIpc) is 1.84. The highest BCUT2D eigenvalue weighted by atomic mass is 16.5. The number of methoxy groups -OCH3 is 1. The summed E-state index contributed by atoms with van der Waals surface area (Å²) in [6.45, 7) is 1.62. The molecule has 0 amide bonds. The highest BCUT2D eigenvalue weighted by molar-refractivity contribution is 5.77. The van der Waals surface area contributed by atoms with Gasteiger partial charge in [0.25, 0.3) is 0 Å². The van der Waals surface area contributed by atoms with E-state index in [-0.39, 0.29) is 5.90 Å². The van der Waals surface area contributed by atoms with Crippen molar-refractivity contribution in [3.63, 3.8) is 0 Å². The summed E-state index contributed by atoms with van der Waals surface area (Å²) >= 11 is 0. The van der Waals surface area contributed by atoms with Gasteiger partial charge in [0, 0.05) is 0 Å². The Morgan fingerprint density at radius 2 is 2.38 bits per heavy atom. The van der Waals surface area contributed by atoms with Crippen LogP contribution in [-0.2, 0) is 4.74 Å².